The Morgan fingerprint density at radius 2 is 0.933 bits per heavy atom. The largest absolute Gasteiger partial charge is 0.383 e. The quantitative estimate of drug-likeness (QED) is 0.0263. The standard InChI is InChI=1S/C12H14N2.C12H18N2.C9H12N2O2S.2C9H13N.C7H11N3.C2H7NO2S.6C2H6/c1-9(2)14-12-11-6-4-3-5-10(11)7-8-13-12;1-4-13-9-14(10(2)3)12-8-6-5-7-11(12)13;1-7(2)11-9-6-4-3-5-8(9)10-14(11,12)13;2*1-8(2)10-9-6-4-3-5-7-9;1-6(2)10-7-8-4-3-5-9-7;1-3-4-5-6-2;6*1-2/h3-9H,1-2H3,(H,13,14);5-8,10H,4,9H2,1-3H3;3-7,10H,1-2H3;2*3-8,10H,1-2H3;3-6H,1-2H3,(H,8,9,10);3H,1-2H3;6*1-2H3. The zero-order valence-electron chi connectivity index (χ0n) is 60.6. The SMILES string of the molecule is CC.CC.CC.CC.CC.CC.CC(C)N1c2ccccc2NS1(=O)=O.CC(C)Nc1ccccc1.CC(C)Nc1ccccc1.CC(C)Nc1nccc2ccccc12.CC(C)Nc1ncccn1.CCN1CN(C(C)C)c2ccccc21.CNOOSC. The highest BCUT2D eigenvalue weighted by atomic mass is 32.2. The molecule has 18 heteroatoms. The third-order valence-electron chi connectivity index (χ3n) is 10.7. The Labute approximate surface area is 554 Å². The molecule has 0 amide bonds. The van der Waals surface area contributed by atoms with Gasteiger partial charge in [-0.15, -0.1) is 9.32 Å². The van der Waals surface area contributed by atoms with Gasteiger partial charge in [0.1, 0.15) is 5.82 Å². The predicted octanol–water partition coefficient (Wildman–Crippen LogP) is 20.1. The fourth-order valence-corrected chi connectivity index (χ4v) is 9.25. The van der Waals surface area contributed by atoms with Gasteiger partial charge in [-0.3, -0.25) is 4.72 Å². The number of hydrogen-bond donors (Lipinski definition) is 6. The number of hydrogen-bond acceptors (Lipinski definition) is 15. The van der Waals surface area contributed by atoms with Crippen LogP contribution >= 0.6 is 12.0 Å². The van der Waals surface area contributed by atoms with E-state index in [0.29, 0.717) is 41.8 Å². The Hall–Kier alpha value is -6.83. The van der Waals surface area contributed by atoms with Crippen LogP contribution in [0.4, 0.5) is 45.9 Å². The normalized spacial score (nSPS) is 11.1. The highest BCUT2D eigenvalue weighted by Crippen LogP contribution is 2.37. The highest BCUT2D eigenvalue weighted by Gasteiger charge is 2.34. The first-order chi connectivity index (χ1) is 43.3. The summed E-state index contributed by atoms with van der Waals surface area (Å²) in [5, 5.41) is 15.4. The molecule has 0 saturated heterocycles. The molecule has 2 aromatic heterocycles. The Balaban J connectivity index is -0.000000471. The number of hydroxylamine groups is 1. The van der Waals surface area contributed by atoms with Gasteiger partial charge >= 0.3 is 10.2 Å². The van der Waals surface area contributed by atoms with Gasteiger partial charge in [-0.2, -0.15) is 13.9 Å². The predicted molar refractivity (Wildman–Crippen MR) is 403 cm³/mol. The van der Waals surface area contributed by atoms with Gasteiger partial charge in [0.25, 0.3) is 0 Å². The maximum Gasteiger partial charge on any atom is 0.324 e. The minimum atomic E-state index is -3.36. The molecule has 0 spiro atoms. The van der Waals surface area contributed by atoms with Crippen molar-refractivity contribution in [1.82, 2.24) is 20.4 Å². The van der Waals surface area contributed by atoms with Crippen LogP contribution in [0, 0.1) is 0 Å². The number of rotatable bonds is 14. The molecule has 0 fully saturated rings. The molecule has 0 saturated carbocycles. The van der Waals surface area contributed by atoms with Crippen molar-refractivity contribution in [2.45, 2.75) is 209 Å². The minimum absolute atomic E-state index is 0.0730. The van der Waals surface area contributed by atoms with E-state index in [2.05, 4.69) is 202 Å². The molecule has 2 aliphatic heterocycles. The molecular weight excluding hydrogens is 1160 g/mol. The fraction of sp³-hybridized carbons (Fsp3) is 0.486. The average molecular weight is 1290 g/mol. The van der Waals surface area contributed by atoms with Crippen LogP contribution in [0.3, 0.4) is 0 Å². The Kier molecular flexibility index (Phi) is 57.1. The van der Waals surface area contributed by atoms with Gasteiger partial charge < -0.3 is 31.1 Å². The van der Waals surface area contributed by atoms with Crippen LogP contribution in [0.2, 0.25) is 0 Å². The van der Waals surface area contributed by atoms with Crippen molar-refractivity contribution in [3.63, 3.8) is 0 Å². The van der Waals surface area contributed by atoms with Gasteiger partial charge in [-0.1, -0.05) is 168 Å². The lowest BCUT2D eigenvalue weighted by atomic mass is 10.1. The summed E-state index contributed by atoms with van der Waals surface area (Å²) in [5.74, 6) is 1.66. The number of benzene rings is 5. The number of anilines is 8. The van der Waals surface area contributed by atoms with Crippen molar-refractivity contribution in [2.24, 2.45) is 0 Å². The first-order valence-corrected chi connectivity index (χ1v) is 35.2. The summed E-state index contributed by atoms with van der Waals surface area (Å²) in [5.41, 5.74) is 8.85. The molecule has 0 unspecified atom stereocenters. The van der Waals surface area contributed by atoms with E-state index in [-0.39, 0.29) is 6.04 Å². The average Bonchev–Trinajstić information content (AvgIpc) is 1.65. The minimum Gasteiger partial charge on any atom is -0.383 e. The summed E-state index contributed by atoms with van der Waals surface area (Å²) in [6.07, 6.45) is 7.04. The second-order valence-corrected chi connectivity index (χ2v) is 21.5. The van der Waals surface area contributed by atoms with E-state index in [0.717, 1.165) is 36.8 Å². The maximum absolute atomic E-state index is 11.7. The molecule has 6 N–H and O–H groups in total. The lowest BCUT2D eigenvalue weighted by Crippen LogP contribution is -2.35. The molecule has 0 aliphatic carbocycles. The van der Waals surface area contributed by atoms with Gasteiger partial charge in [0.2, 0.25) is 5.95 Å². The number of aromatic nitrogens is 3. The van der Waals surface area contributed by atoms with Crippen LogP contribution in [0.25, 0.3) is 10.8 Å². The zero-order valence-corrected chi connectivity index (χ0v) is 62.2. The molecular formula is C72H124N12O4S2. The van der Waals surface area contributed by atoms with Crippen molar-refractivity contribution < 1.29 is 17.7 Å². The number of nitrogens with zero attached hydrogens (tertiary/aromatic N) is 6. The van der Waals surface area contributed by atoms with Crippen molar-refractivity contribution in [3.05, 3.63) is 164 Å². The number of nitrogens with one attached hydrogen (secondary N) is 6. The van der Waals surface area contributed by atoms with E-state index in [1.165, 1.54) is 37.8 Å². The highest BCUT2D eigenvalue weighted by molar-refractivity contribution is 7.94. The summed E-state index contributed by atoms with van der Waals surface area (Å²) in [7, 11) is -1.74. The summed E-state index contributed by atoms with van der Waals surface area (Å²) in [6.45, 7) is 53.4. The Bertz CT molecular complexity index is 2680. The zero-order chi connectivity index (χ0) is 69.5. The molecule has 0 bridgehead atoms. The van der Waals surface area contributed by atoms with Gasteiger partial charge in [-0.25, -0.2) is 19.3 Å². The summed E-state index contributed by atoms with van der Waals surface area (Å²) >= 11 is 1.14. The third-order valence-corrected chi connectivity index (χ3v) is 12.5. The first kappa shape index (κ1) is 89.6. The van der Waals surface area contributed by atoms with Crippen LogP contribution in [-0.4, -0.2) is 86.1 Å². The lowest BCUT2D eigenvalue weighted by molar-refractivity contribution is -0.237. The van der Waals surface area contributed by atoms with Crippen molar-refractivity contribution >= 4 is 78.9 Å². The maximum atomic E-state index is 11.7. The smallest absolute Gasteiger partial charge is 0.324 e. The van der Waals surface area contributed by atoms with Crippen molar-refractivity contribution in [2.75, 3.05) is 66.6 Å². The van der Waals surface area contributed by atoms with E-state index < -0.39 is 10.2 Å². The fourth-order valence-electron chi connectivity index (χ4n) is 7.59. The monoisotopic (exact) mass is 1280 g/mol. The lowest BCUT2D eigenvalue weighted by Gasteiger charge is -2.24. The van der Waals surface area contributed by atoms with E-state index in [1.807, 2.05) is 170 Å². The van der Waals surface area contributed by atoms with Crippen molar-refractivity contribution in [3.8, 4) is 0 Å². The van der Waals surface area contributed by atoms with Gasteiger partial charge in [-0.05, 0) is 156 Å². The molecule has 0 atom stereocenters. The van der Waals surface area contributed by atoms with Crippen LogP contribution in [-0.2, 0) is 19.5 Å². The number of fused-ring (bicyclic) bond motifs is 3. The summed E-state index contributed by atoms with van der Waals surface area (Å²) in [4.78, 5) is 21.4. The molecule has 0 radical (unpaired) electrons. The van der Waals surface area contributed by atoms with E-state index >= 15 is 0 Å². The first-order valence-electron chi connectivity index (χ1n) is 32.6. The van der Waals surface area contributed by atoms with Crippen LogP contribution in [0.15, 0.2) is 164 Å². The topological polar surface area (TPSA) is 173 Å². The summed E-state index contributed by atoms with van der Waals surface area (Å²) in [6, 6.07) is 50.7. The number of para-hydroxylation sites is 6. The van der Waals surface area contributed by atoms with Crippen LogP contribution < -0.4 is 45.6 Å². The summed E-state index contributed by atoms with van der Waals surface area (Å²) < 4.78 is 31.5. The second kappa shape index (κ2) is 57.3. The Morgan fingerprint density at radius 1 is 0.500 bits per heavy atom. The second-order valence-electron chi connectivity index (χ2n) is 19.5. The van der Waals surface area contributed by atoms with Gasteiger partial charge in [0, 0.05) is 103 Å². The molecule has 5 aromatic carbocycles. The molecule has 7 aromatic rings. The molecule has 90 heavy (non-hydrogen) atoms. The van der Waals surface area contributed by atoms with E-state index in [9.17, 15) is 8.42 Å². The van der Waals surface area contributed by atoms with Crippen LogP contribution in [0.1, 0.15) is 173 Å². The van der Waals surface area contributed by atoms with E-state index in [4.69, 9.17) is 0 Å². The molecule has 4 heterocycles. The van der Waals surface area contributed by atoms with Crippen LogP contribution in [0.5, 0.6) is 0 Å². The Morgan fingerprint density at radius 3 is 1.36 bits per heavy atom. The van der Waals surface area contributed by atoms with E-state index in [1.54, 1.807) is 43.9 Å². The molecule has 2 aliphatic rings. The number of pyridine rings is 1. The molecule has 508 valence electrons. The third kappa shape index (κ3) is 38.7. The van der Waals surface area contributed by atoms with Gasteiger partial charge in [0.15, 0.2) is 0 Å². The molecule has 16 nitrogen and oxygen atoms in total. The molecule has 9 rings (SSSR count). The van der Waals surface area contributed by atoms with Gasteiger partial charge in [0.05, 0.1) is 29.4 Å². The van der Waals surface area contributed by atoms with Crippen molar-refractivity contribution in [1.29, 1.82) is 0 Å².